The molecule has 130 valence electrons. The van der Waals surface area contributed by atoms with Gasteiger partial charge in [-0.15, -0.1) is 11.3 Å². The number of halogens is 2. The third-order valence-corrected chi connectivity index (χ3v) is 5.35. The van der Waals surface area contributed by atoms with Crippen molar-refractivity contribution >= 4 is 51.5 Å². The maximum Gasteiger partial charge on any atom is 0.307 e. The molecule has 1 aromatic carbocycles. The van der Waals surface area contributed by atoms with Crippen LogP contribution < -0.4 is 5.32 Å². The van der Waals surface area contributed by atoms with E-state index >= 15 is 0 Å². The summed E-state index contributed by atoms with van der Waals surface area (Å²) in [6.45, 7) is 0. The van der Waals surface area contributed by atoms with Crippen LogP contribution >= 0.6 is 34.5 Å². The zero-order valence-electron chi connectivity index (χ0n) is 12.9. The number of anilines is 1. The number of aromatic nitrogens is 1. The third-order valence-electron chi connectivity index (χ3n) is 4.03. The fourth-order valence-corrected chi connectivity index (χ4v) is 3.82. The lowest BCUT2D eigenvalue weighted by Crippen LogP contribution is -2.34. The summed E-state index contributed by atoms with van der Waals surface area (Å²) in [4.78, 5) is 28.2. The predicted molar refractivity (Wildman–Crippen MR) is 99.2 cm³/mol. The first kappa shape index (κ1) is 17.9. The molecule has 2 aromatic rings. The third kappa shape index (κ3) is 4.03. The maximum atomic E-state index is 12.5. The molecule has 0 bridgehead atoms. The Labute approximate surface area is 158 Å². The van der Waals surface area contributed by atoms with Crippen LogP contribution in [0.5, 0.6) is 0 Å². The Hall–Kier alpha value is -1.89. The molecule has 5 nitrogen and oxygen atoms in total. The first-order valence-electron chi connectivity index (χ1n) is 7.55. The topological polar surface area (TPSA) is 79.3 Å². The van der Waals surface area contributed by atoms with Crippen molar-refractivity contribution in [2.45, 2.75) is 12.8 Å². The highest BCUT2D eigenvalue weighted by molar-refractivity contribution is 7.14. The van der Waals surface area contributed by atoms with Crippen molar-refractivity contribution < 1.29 is 14.7 Å². The molecule has 1 heterocycles. The fraction of sp³-hybridized carbons (Fsp3) is 0.235. The lowest BCUT2D eigenvalue weighted by molar-refractivity contribution is -0.146. The molecular weight excluding hydrogens is 383 g/mol. The minimum atomic E-state index is -0.963. The number of carboxylic acid groups (broad SMARTS) is 1. The van der Waals surface area contributed by atoms with Crippen LogP contribution in [-0.2, 0) is 9.59 Å². The summed E-state index contributed by atoms with van der Waals surface area (Å²) in [5.74, 6) is -2.62. The summed E-state index contributed by atoms with van der Waals surface area (Å²) in [5.41, 5.74) is 1.28. The zero-order valence-corrected chi connectivity index (χ0v) is 15.2. The second-order valence-electron chi connectivity index (χ2n) is 5.65. The minimum absolute atomic E-state index is 0.338. The van der Waals surface area contributed by atoms with Gasteiger partial charge in [0.2, 0.25) is 5.91 Å². The maximum absolute atomic E-state index is 12.5. The van der Waals surface area contributed by atoms with E-state index in [-0.39, 0.29) is 5.91 Å². The molecule has 2 atom stereocenters. The smallest absolute Gasteiger partial charge is 0.307 e. The Kier molecular flexibility index (Phi) is 5.42. The van der Waals surface area contributed by atoms with Crippen molar-refractivity contribution in [3.63, 3.8) is 0 Å². The molecule has 0 saturated carbocycles. The minimum Gasteiger partial charge on any atom is -0.481 e. The van der Waals surface area contributed by atoms with E-state index in [1.807, 2.05) is 6.08 Å². The zero-order chi connectivity index (χ0) is 18.0. The van der Waals surface area contributed by atoms with Crippen molar-refractivity contribution in [3.05, 3.63) is 45.8 Å². The molecular formula is C17H14Cl2N2O3S. The van der Waals surface area contributed by atoms with Crippen LogP contribution in [0.4, 0.5) is 5.13 Å². The lowest BCUT2D eigenvalue weighted by Gasteiger charge is -2.23. The highest BCUT2D eigenvalue weighted by atomic mass is 35.5. The molecule has 0 aliphatic heterocycles. The number of benzene rings is 1. The number of carbonyl (C=O) groups excluding carboxylic acids is 1. The molecule has 2 unspecified atom stereocenters. The van der Waals surface area contributed by atoms with Crippen LogP contribution in [-0.4, -0.2) is 22.0 Å². The Balaban J connectivity index is 1.77. The summed E-state index contributed by atoms with van der Waals surface area (Å²) in [6.07, 6.45) is 4.39. The van der Waals surface area contributed by atoms with Gasteiger partial charge in [-0.2, -0.15) is 0 Å². The standard InChI is InChI=1S/C17H14Cl2N2O3S/c18-9-5-6-13(19)12(7-9)14-8-25-17(20-14)21-15(22)10-3-1-2-4-11(10)16(23)24/h1-2,5-8,10-11H,3-4H2,(H,23,24)(H,20,21,22). The number of nitrogens with zero attached hydrogens (tertiary/aromatic N) is 1. The van der Waals surface area contributed by atoms with Gasteiger partial charge in [0.25, 0.3) is 0 Å². The van der Waals surface area contributed by atoms with Crippen LogP contribution in [0.15, 0.2) is 35.7 Å². The van der Waals surface area contributed by atoms with Crippen molar-refractivity contribution in [2.75, 3.05) is 5.32 Å². The van der Waals surface area contributed by atoms with E-state index in [0.29, 0.717) is 39.3 Å². The van der Waals surface area contributed by atoms with E-state index in [1.54, 1.807) is 29.7 Å². The molecule has 1 amide bonds. The normalized spacial score (nSPS) is 19.6. The van der Waals surface area contributed by atoms with E-state index in [4.69, 9.17) is 23.2 Å². The van der Waals surface area contributed by atoms with Gasteiger partial charge in [0.15, 0.2) is 5.13 Å². The van der Waals surface area contributed by atoms with E-state index in [9.17, 15) is 14.7 Å². The van der Waals surface area contributed by atoms with E-state index in [1.165, 1.54) is 11.3 Å². The number of amides is 1. The van der Waals surface area contributed by atoms with Gasteiger partial charge in [-0.25, -0.2) is 4.98 Å². The average molecular weight is 397 g/mol. The number of thiazole rings is 1. The fourth-order valence-electron chi connectivity index (χ4n) is 2.72. The number of carbonyl (C=O) groups is 2. The number of hydrogen-bond acceptors (Lipinski definition) is 4. The summed E-state index contributed by atoms with van der Waals surface area (Å²) >= 11 is 13.4. The van der Waals surface area contributed by atoms with E-state index in [2.05, 4.69) is 10.3 Å². The summed E-state index contributed by atoms with van der Waals surface area (Å²) < 4.78 is 0. The second kappa shape index (κ2) is 7.56. The van der Waals surface area contributed by atoms with Crippen molar-refractivity contribution in [2.24, 2.45) is 11.8 Å². The van der Waals surface area contributed by atoms with Gasteiger partial charge in [0, 0.05) is 16.0 Å². The van der Waals surface area contributed by atoms with Gasteiger partial charge in [0.05, 0.1) is 22.6 Å². The number of allylic oxidation sites excluding steroid dienone is 2. The van der Waals surface area contributed by atoms with Crippen molar-refractivity contribution in [3.8, 4) is 11.3 Å². The molecule has 25 heavy (non-hydrogen) atoms. The van der Waals surface area contributed by atoms with Crippen LogP contribution in [0.1, 0.15) is 12.8 Å². The van der Waals surface area contributed by atoms with Crippen molar-refractivity contribution in [1.82, 2.24) is 4.98 Å². The molecule has 0 spiro atoms. The summed E-state index contributed by atoms with van der Waals surface area (Å²) in [5, 5.41) is 15.2. The van der Waals surface area contributed by atoms with E-state index in [0.717, 1.165) is 0 Å². The summed E-state index contributed by atoms with van der Waals surface area (Å²) in [6, 6.07) is 5.07. The average Bonchev–Trinajstić information content (AvgIpc) is 3.05. The molecule has 1 aromatic heterocycles. The molecule has 3 rings (SSSR count). The quantitative estimate of drug-likeness (QED) is 0.732. The molecule has 0 saturated heterocycles. The number of aliphatic carboxylic acids is 1. The van der Waals surface area contributed by atoms with Crippen LogP contribution in [0, 0.1) is 11.8 Å². The van der Waals surface area contributed by atoms with Gasteiger partial charge in [-0.3, -0.25) is 9.59 Å². The first-order chi connectivity index (χ1) is 12.0. The molecule has 0 radical (unpaired) electrons. The summed E-state index contributed by atoms with van der Waals surface area (Å²) in [7, 11) is 0. The molecule has 8 heteroatoms. The van der Waals surface area contributed by atoms with Crippen LogP contribution in [0.25, 0.3) is 11.3 Å². The largest absolute Gasteiger partial charge is 0.481 e. The van der Waals surface area contributed by atoms with Crippen molar-refractivity contribution in [1.29, 1.82) is 0 Å². The van der Waals surface area contributed by atoms with Gasteiger partial charge >= 0.3 is 5.97 Å². The van der Waals surface area contributed by atoms with Crippen LogP contribution in [0.2, 0.25) is 10.0 Å². The SMILES string of the molecule is O=C(O)C1CC=CCC1C(=O)Nc1nc(-c2cc(Cl)ccc2Cl)cs1. The molecule has 1 aliphatic rings. The Morgan fingerprint density at radius 2 is 1.92 bits per heavy atom. The number of nitrogens with one attached hydrogen (secondary N) is 1. The Morgan fingerprint density at radius 3 is 2.64 bits per heavy atom. The number of carboxylic acids is 1. The van der Waals surface area contributed by atoms with Gasteiger partial charge < -0.3 is 10.4 Å². The van der Waals surface area contributed by atoms with Crippen LogP contribution in [0.3, 0.4) is 0 Å². The predicted octanol–water partition coefficient (Wildman–Crippen LogP) is 4.72. The lowest BCUT2D eigenvalue weighted by atomic mass is 9.82. The molecule has 2 N–H and O–H groups in total. The van der Waals surface area contributed by atoms with Gasteiger partial charge in [-0.1, -0.05) is 35.4 Å². The Morgan fingerprint density at radius 1 is 1.20 bits per heavy atom. The number of rotatable bonds is 4. The van der Waals surface area contributed by atoms with E-state index < -0.39 is 17.8 Å². The molecule has 0 fully saturated rings. The van der Waals surface area contributed by atoms with Gasteiger partial charge in [0.1, 0.15) is 0 Å². The monoisotopic (exact) mass is 396 g/mol. The van der Waals surface area contributed by atoms with Gasteiger partial charge in [-0.05, 0) is 31.0 Å². The highest BCUT2D eigenvalue weighted by Gasteiger charge is 2.34. The number of hydrogen-bond donors (Lipinski definition) is 2. The first-order valence-corrected chi connectivity index (χ1v) is 9.19. The second-order valence-corrected chi connectivity index (χ2v) is 7.35. The Bertz CT molecular complexity index is 850. The highest BCUT2D eigenvalue weighted by Crippen LogP contribution is 2.33. The molecule has 1 aliphatic carbocycles.